The van der Waals surface area contributed by atoms with Crippen LogP contribution < -0.4 is 14.4 Å². The van der Waals surface area contributed by atoms with Crippen LogP contribution in [0.2, 0.25) is 0 Å². The summed E-state index contributed by atoms with van der Waals surface area (Å²) in [7, 11) is 1.63. The van der Waals surface area contributed by atoms with Gasteiger partial charge < -0.3 is 14.4 Å². The number of urea groups is 1. The molecule has 0 saturated carbocycles. The number of hydrogen-bond acceptors (Lipinski definition) is 5. The number of pyridine rings is 1. The first-order valence-electron chi connectivity index (χ1n) is 14.5. The molecule has 1 saturated heterocycles. The Balaban J connectivity index is 1.32. The summed E-state index contributed by atoms with van der Waals surface area (Å²) in [5.41, 5.74) is 5.02. The number of rotatable bonds is 11. The lowest BCUT2D eigenvalue weighted by Gasteiger charge is -2.36. The van der Waals surface area contributed by atoms with E-state index in [2.05, 4.69) is 46.3 Å². The smallest absolute Gasteiger partial charge is 0.324 e. The lowest BCUT2D eigenvalue weighted by molar-refractivity contribution is 0.192. The monoisotopic (exact) mass is 594 g/mol. The summed E-state index contributed by atoms with van der Waals surface area (Å²) in [5, 5.41) is 1.05. The van der Waals surface area contributed by atoms with Crippen molar-refractivity contribution >= 4 is 34.7 Å². The van der Waals surface area contributed by atoms with E-state index in [4.69, 9.17) is 9.47 Å². The zero-order chi connectivity index (χ0) is 30.2. The second-order valence-electron chi connectivity index (χ2n) is 10.3. The van der Waals surface area contributed by atoms with Crippen molar-refractivity contribution in [1.29, 1.82) is 0 Å². The van der Waals surface area contributed by atoms with Gasteiger partial charge in [0.2, 0.25) is 0 Å². The van der Waals surface area contributed by atoms with Crippen LogP contribution in [0.15, 0.2) is 108 Å². The van der Waals surface area contributed by atoms with Crippen LogP contribution in [-0.2, 0) is 13.2 Å². The number of benzene rings is 2. The summed E-state index contributed by atoms with van der Waals surface area (Å²) in [6.45, 7) is 8.42. The number of anilines is 1. The van der Waals surface area contributed by atoms with Gasteiger partial charge in [-0.15, -0.1) is 0 Å². The Labute approximate surface area is 258 Å². The van der Waals surface area contributed by atoms with Crippen LogP contribution >= 0.6 is 11.9 Å². The van der Waals surface area contributed by atoms with Gasteiger partial charge in [0.05, 0.1) is 7.11 Å². The third kappa shape index (κ3) is 7.14. The molecule has 1 fully saturated rings. The zero-order valence-electron chi connectivity index (χ0n) is 25.2. The zero-order valence-corrected chi connectivity index (χ0v) is 26.0. The summed E-state index contributed by atoms with van der Waals surface area (Å²) in [6, 6.07) is 19.8. The van der Waals surface area contributed by atoms with Crippen LogP contribution in [0.1, 0.15) is 38.3 Å². The van der Waals surface area contributed by atoms with Crippen molar-refractivity contribution in [2.45, 2.75) is 40.3 Å². The quantitative estimate of drug-likeness (QED) is 0.163. The van der Waals surface area contributed by atoms with E-state index >= 15 is 0 Å². The van der Waals surface area contributed by atoms with Gasteiger partial charge >= 0.3 is 6.03 Å². The van der Waals surface area contributed by atoms with Crippen LogP contribution in [-0.4, -0.2) is 40.1 Å². The molecule has 0 aliphatic carbocycles. The number of allylic oxidation sites excluding steroid dienone is 5. The Morgan fingerprint density at radius 3 is 2.60 bits per heavy atom. The van der Waals surface area contributed by atoms with Crippen molar-refractivity contribution < 1.29 is 14.3 Å². The predicted octanol–water partition coefficient (Wildman–Crippen LogP) is 8.38. The SMILES string of the molecule is C\C=C(C)/C=C\C(=C/C)Sn1ccc2c(CN3CCCN(c4ccc(OC)c(OCc5ccccc5)c4)C3=O)ccnc21. The topological polar surface area (TPSA) is 59.8 Å². The third-order valence-electron chi connectivity index (χ3n) is 7.47. The first kappa shape index (κ1) is 30.0. The van der Waals surface area contributed by atoms with Gasteiger partial charge in [-0.25, -0.2) is 9.78 Å². The Morgan fingerprint density at radius 1 is 1.00 bits per heavy atom. The normalized spacial score (nSPS) is 14.7. The molecule has 1 aliphatic heterocycles. The summed E-state index contributed by atoms with van der Waals surface area (Å²) in [5.74, 6) is 1.25. The molecule has 0 unspecified atom stereocenters. The first-order chi connectivity index (χ1) is 21.0. The molecule has 3 heterocycles. The Morgan fingerprint density at radius 2 is 1.84 bits per heavy atom. The average Bonchev–Trinajstić information content (AvgIpc) is 3.46. The number of aromatic nitrogens is 2. The first-order valence-corrected chi connectivity index (χ1v) is 15.3. The summed E-state index contributed by atoms with van der Waals surface area (Å²) >= 11 is 1.63. The Hall–Kier alpha value is -4.43. The minimum Gasteiger partial charge on any atom is -0.493 e. The number of nitrogens with zero attached hydrogens (tertiary/aromatic N) is 4. The molecule has 5 rings (SSSR count). The predicted molar refractivity (Wildman–Crippen MR) is 177 cm³/mol. The number of fused-ring (bicyclic) bond motifs is 1. The van der Waals surface area contributed by atoms with E-state index in [-0.39, 0.29) is 6.03 Å². The second kappa shape index (κ2) is 14.2. The fourth-order valence-corrected chi connectivity index (χ4v) is 5.76. The van der Waals surface area contributed by atoms with Crippen molar-refractivity contribution in [3.63, 3.8) is 0 Å². The molecule has 0 atom stereocenters. The minimum absolute atomic E-state index is 0.0233. The molecule has 222 valence electrons. The number of carbonyl (C=O) groups excluding carboxylic acids is 1. The van der Waals surface area contributed by atoms with Gasteiger partial charge in [0, 0.05) is 54.1 Å². The van der Waals surface area contributed by atoms with E-state index in [9.17, 15) is 4.79 Å². The third-order valence-corrected chi connectivity index (χ3v) is 8.54. The fourth-order valence-electron chi connectivity index (χ4n) is 4.94. The van der Waals surface area contributed by atoms with Gasteiger partial charge in [0.1, 0.15) is 6.61 Å². The van der Waals surface area contributed by atoms with E-state index < -0.39 is 0 Å². The van der Waals surface area contributed by atoms with Gasteiger partial charge in [0.15, 0.2) is 17.1 Å². The summed E-state index contributed by atoms with van der Waals surface area (Å²) in [6.07, 6.45) is 13.2. The molecular weight excluding hydrogens is 556 g/mol. The van der Waals surface area contributed by atoms with Crippen LogP contribution in [0.5, 0.6) is 11.5 Å². The van der Waals surface area contributed by atoms with E-state index in [1.165, 1.54) is 5.57 Å². The number of amides is 2. The van der Waals surface area contributed by atoms with E-state index in [0.717, 1.165) is 39.2 Å². The van der Waals surface area contributed by atoms with Crippen molar-refractivity contribution in [3.8, 4) is 11.5 Å². The molecular formula is C35H38N4O3S. The number of ether oxygens (including phenoxy) is 2. The van der Waals surface area contributed by atoms with Crippen molar-refractivity contribution in [2.75, 3.05) is 25.1 Å². The largest absolute Gasteiger partial charge is 0.493 e. The Kier molecular flexibility index (Phi) is 9.89. The van der Waals surface area contributed by atoms with E-state index in [1.54, 1.807) is 19.1 Å². The number of hydrogen-bond donors (Lipinski definition) is 0. The maximum Gasteiger partial charge on any atom is 0.324 e. The Bertz CT molecular complexity index is 1660. The molecule has 0 radical (unpaired) electrons. The molecule has 0 bridgehead atoms. The fraction of sp³-hybridized carbons (Fsp3) is 0.257. The van der Waals surface area contributed by atoms with Gasteiger partial charge in [-0.2, -0.15) is 0 Å². The average molecular weight is 595 g/mol. The molecule has 0 N–H and O–H groups in total. The van der Waals surface area contributed by atoms with Crippen molar-refractivity contribution in [2.24, 2.45) is 0 Å². The molecule has 7 nitrogen and oxygen atoms in total. The van der Waals surface area contributed by atoms with Crippen LogP contribution in [0, 0.1) is 0 Å². The van der Waals surface area contributed by atoms with Crippen LogP contribution in [0.4, 0.5) is 10.5 Å². The molecule has 2 aromatic heterocycles. The van der Waals surface area contributed by atoms with Gasteiger partial charge in [0.25, 0.3) is 0 Å². The molecule has 0 spiro atoms. The van der Waals surface area contributed by atoms with Gasteiger partial charge in [-0.3, -0.25) is 8.87 Å². The van der Waals surface area contributed by atoms with Crippen molar-refractivity contribution in [3.05, 3.63) is 119 Å². The maximum atomic E-state index is 13.8. The van der Waals surface area contributed by atoms with Crippen LogP contribution in [0.25, 0.3) is 11.0 Å². The minimum atomic E-state index is -0.0233. The maximum absolute atomic E-state index is 13.8. The van der Waals surface area contributed by atoms with Crippen LogP contribution in [0.3, 0.4) is 0 Å². The highest BCUT2D eigenvalue weighted by atomic mass is 32.2. The number of carbonyl (C=O) groups is 1. The summed E-state index contributed by atoms with van der Waals surface area (Å²) in [4.78, 5) is 23.3. The molecule has 2 amide bonds. The summed E-state index contributed by atoms with van der Waals surface area (Å²) < 4.78 is 13.8. The van der Waals surface area contributed by atoms with Gasteiger partial charge in [-0.1, -0.05) is 54.1 Å². The number of methoxy groups -OCH3 is 1. The molecule has 8 heteroatoms. The highest BCUT2D eigenvalue weighted by molar-refractivity contribution is 8.02. The molecule has 1 aliphatic rings. The van der Waals surface area contributed by atoms with Crippen molar-refractivity contribution in [1.82, 2.24) is 13.9 Å². The highest BCUT2D eigenvalue weighted by Gasteiger charge is 2.28. The lowest BCUT2D eigenvalue weighted by Crippen LogP contribution is -2.49. The van der Waals surface area contributed by atoms with E-state index in [1.807, 2.05) is 90.6 Å². The molecule has 43 heavy (non-hydrogen) atoms. The molecule has 4 aromatic rings. The van der Waals surface area contributed by atoms with E-state index in [0.29, 0.717) is 37.7 Å². The van der Waals surface area contributed by atoms with Gasteiger partial charge in [-0.05, 0) is 80.6 Å². The second-order valence-corrected chi connectivity index (χ2v) is 11.4. The highest BCUT2D eigenvalue weighted by Crippen LogP contribution is 2.34. The molecule has 2 aromatic carbocycles. The standard InChI is InChI=1S/C35H38N4O3S/c1-5-26(3)13-15-30(6-2)43-39-22-18-31-28(17-19-36-34(31)39)24-37-20-10-21-38(35(37)40)29-14-16-32(41-4)33(23-29)42-25-27-11-8-7-9-12-27/h5-9,11-19,22-23H,10,20-21,24-25H2,1-4H3/b15-13-,26-5-,30-6+. The lowest BCUT2D eigenvalue weighted by atomic mass is 10.1.